The summed E-state index contributed by atoms with van der Waals surface area (Å²) < 4.78 is 5.40. The van der Waals surface area contributed by atoms with Gasteiger partial charge in [0.05, 0.1) is 13.2 Å². The van der Waals surface area contributed by atoms with Crippen LogP contribution in [0.3, 0.4) is 0 Å². The van der Waals surface area contributed by atoms with Crippen LogP contribution in [0, 0.1) is 11.3 Å². The number of hydrogen-bond acceptors (Lipinski definition) is 4. The number of ether oxygens (including phenoxy) is 1. The summed E-state index contributed by atoms with van der Waals surface area (Å²) in [6.07, 6.45) is 3.65. The van der Waals surface area contributed by atoms with E-state index >= 15 is 0 Å². The quantitative estimate of drug-likeness (QED) is 0.800. The van der Waals surface area contributed by atoms with E-state index in [1.165, 1.54) is 12.8 Å². The van der Waals surface area contributed by atoms with Crippen molar-refractivity contribution in [2.75, 3.05) is 32.8 Å². The Balaban J connectivity index is 2.04. The van der Waals surface area contributed by atoms with Crippen molar-refractivity contribution in [1.82, 2.24) is 10.4 Å². The molecule has 1 saturated carbocycles. The first-order valence-corrected chi connectivity index (χ1v) is 7.25. The van der Waals surface area contributed by atoms with Crippen LogP contribution in [-0.4, -0.2) is 43.4 Å². The minimum atomic E-state index is 0.0819. The molecular formula is C14H29N3O. The average Bonchev–Trinajstić information content (AvgIpc) is 2.27. The summed E-state index contributed by atoms with van der Waals surface area (Å²) >= 11 is 0. The molecule has 0 aromatic rings. The van der Waals surface area contributed by atoms with Crippen LogP contribution in [0.5, 0.6) is 0 Å². The van der Waals surface area contributed by atoms with E-state index in [1.807, 2.05) is 0 Å². The molecule has 2 aliphatic rings. The third kappa shape index (κ3) is 3.44. The first-order chi connectivity index (χ1) is 8.45. The predicted octanol–water partition coefficient (Wildman–Crippen LogP) is 1.37. The van der Waals surface area contributed by atoms with Crippen LogP contribution < -0.4 is 11.2 Å². The van der Waals surface area contributed by atoms with E-state index in [9.17, 15) is 0 Å². The normalized spacial score (nSPS) is 37.7. The van der Waals surface area contributed by atoms with E-state index in [0.29, 0.717) is 5.41 Å². The van der Waals surface area contributed by atoms with Gasteiger partial charge in [-0.3, -0.25) is 0 Å². The molecule has 2 unspecified atom stereocenters. The molecule has 0 amide bonds. The lowest BCUT2D eigenvalue weighted by Gasteiger charge is -2.50. The van der Waals surface area contributed by atoms with Gasteiger partial charge in [-0.15, -0.1) is 0 Å². The highest BCUT2D eigenvalue weighted by Crippen LogP contribution is 2.43. The molecule has 0 spiro atoms. The highest BCUT2D eigenvalue weighted by Gasteiger charge is 2.42. The summed E-state index contributed by atoms with van der Waals surface area (Å²) in [5.41, 5.74) is 10.3. The second-order valence-electron chi connectivity index (χ2n) is 7.05. The molecule has 4 nitrogen and oxygen atoms in total. The van der Waals surface area contributed by atoms with Gasteiger partial charge in [0.1, 0.15) is 0 Å². The number of nitrogens with one attached hydrogen (secondary N) is 1. The van der Waals surface area contributed by atoms with Crippen molar-refractivity contribution in [3.63, 3.8) is 0 Å². The van der Waals surface area contributed by atoms with Gasteiger partial charge in [0.2, 0.25) is 0 Å². The largest absolute Gasteiger partial charge is 0.379 e. The third-order valence-electron chi connectivity index (χ3n) is 4.25. The zero-order valence-corrected chi connectivity index (χ0v) is 12.2. The second-order valence-corrected chi connectivity index (χ2v) is 7.05. The van der Waals surface area contributed by atoms with Gasteiger partial charge in [0.25, 0.3) is 0 Å². The molecule has 1 aliphatic heterocycles. The lowest BCUT2D eigenvalue weighted by atomic mass is 9.64. The number of nitrogens with zero attached hydrogens (tertiary/aromatic N) is 1. The van der Waals surface area contributed by atoms with Gasteiger partial charge in [0, 0.05) is 25.2 Å². The first kappa shape index (κ1) is 14.3. The molecule has 4 heteroatoms. The maximum absolute atomic E-state index is 6.12. The summed E-state index contributed by atoms with van der Waals surface area (Å²) in [6, 6.07) is 0. The summed E-state index contributed by atoms with van der Waals surface area (Å²) in [5.74, 6) is 0.742. The molecule has 0 aromatic heterocycles. The van der Waals surface area contributed by atoms with Crippen molar-refractivity contribution in [1.29, 1.82) is 0 Å². The van der Waals surface area contributed by atoms with Crippen LogP contribution in [0.4, 0.5) is 0 Å². The molecule has 2 atom stereocenters. The Morgan fingerprint density at radius 1 is 1.28 bits per heavy atom. The smallest absolute Gasteiger partial charge is 0.0608 e. The Kier molecular flexibility index (Phi) is 4.32. The van der Waals surface area contributed by atoms with E-state index in [-0.39, 0.29) is 5.54 Å². The number of nitrogens with two attached hydrogens (primary N) is 1. The molecule has 0 radical (unpaired) electrons. The first-order valence-electron chi connectivity index (χ1n) is 7.25. The van der Waals surface area contributed by atoms with Gasteiger partial charge in [-0.1, -0.05) is 20.8 Å². The number of hydrogen-bond donors (Lipinski definition) is 2. The minimum absolute atomic E-state index is 0.0819. The molecule has 18 heavy (non-hydrogen) atoms. The summed E-state index contributed by atoms with van der Waals surface area (Å²) in [5, 5.41) is 2.31. The molecule has 1 heterocycles. The molecule has 1 saturated heterocycles. The third-order valence-corrected chi connectivity index (χ3v) is 4.25. The van der Waals surface area contributed by atoms with E-state index in [1.54, 1.807) is 0 Å². The fourth-order valence-corrected chi connectivity index (χ4v) is 4.04. The van der Waals surface area contributed by atoms with E-state index in [0.717, 1.165) is 45.2 Å². The molecule has 1 aliphatic carbocycles. The van der Waals surface area contributed by atoms with Crippen molar-refractivity contribution < 1.29 is 4.74 Å². The van der Waals surface area contributed by atoms with Crippen LogP contribution in [0.25, 0.3) is 0 Å². The zero-order chi connectivity index (χ0) is 13.2. The summed E-state index contributed by atoms with van der Waals surface area (Å²) in [4.78, 5) is 0. The predicted molar refractivity (Wildman–Crippen MR) is 74.1 cm³/mol. The zero-order valence-electron chi connectivity index (χ0n) is 12.2. The van der Waals surface area contributed by atoms with Gasteiger partial charge in [-0.05, 0) is 30.6 Å². The lowest BCUT2D eigenvalue weighted by molar-refractivity contribution is -0.0371. The van der Waals surface area contributed by atoms with E-state index in [4.69, 9.17) is 10.5 Å². The standard InChI is InChI=1S/C14H29N3O/c1-12-8-13(2,3)10-14(9-12,11-15)16-17-4-6-18-7-5-17/h12,16H,4-11,15H2,1-3H3. The van der Waals surface area contributed by atoms with Gasteiger partial charge < -0.3 is 10.5 Å². The molecule has 0 aromatic carbocycles. The Labute approximate surface area is 111 Å². The van der Waals surface area contributed by atoms with Crippen molar-refractivity contribution in [3.8, 4) is 0 Å². The fourth-order valence-electron chi connectivity index (χ4n) is 4.04. The van der Waals surface area contributed by atoms with Crippen molar-refractivity contribution in [2.24, 2.45) is 17.1 Å². The Hall–Kier alpha value is -0.160. The number of rotatable bonds is 3. The van der Waals surface area contributed by atoms with Gasteiger partial charge in [-0.25, -0.2) is 10.4 Å². The van der Waals surface area contributed by atoms with Crippen LogP contribution in [-0.2, 0) is 4.74 Å². The summed E-state index contributed by atoms with van der Waals surface area (Å²) in [6.45, 7) is 11.4. The van der Waals surface area contributed by atoms with E-state index in [2.05, 4.69) is 31.2 Å². The van der Waals surface area contributed by atoms with Crippen LogP contribution in [0.15, 0.2) is 0 Å². The fraction of sp³-hybridized carbons (Fsp3) is 1.00. The van der Waals surface area contributed by atoms with Crippen molar-refractivity contribution in [2.45, 2.75) is 45.6 Å². The molecule has 3 N–H and O–H groups in total. The van der Waals surface area contributed by atoms with Crippen molar-refractivity contribution in [3.05, 3.63) is 0 Å². The highest BCUT2D eigenvalue weighted by molar-refractivity contribution is 4.99. The van der Waals surface area contributed by atoms with Gasteiger partial charge in [0.15, 0.2) is 0 Å². The monoisotopic (exact) mass is 255 g/mol. The van der Waals surface area contributed by atoms with Gasteiger partial charge in [-0.2, -0.15) is 0 Å². The Morgan fingerprint density at radius 3 is 2.50 bits per heavy atom. The van der Waals surface area contributed by atoms with Crippen LogP contribution in [0.2, 0.25) is 0 Å². The Morgan fingerprint density at radius 2 is 1.94 bits per heavy atom. The number of hydrazine groups is 1. The summed E-state index contributed by atoms with van der Waals surface area (Å²) in [7, 11) is 0. The topological polar surface area (TPSA) is 50.5 Å². The van der Waals surface area contributed by atoms with Crippen LogP contribution >= 0.6 is 0 Å². The van der Waals surface area contributed by atoms with Gasteiger partial charge >= 0.3 is 0 Å². The number of morpholine rings is 1. The lowest BCUT2D eigenvalue weighted by Crippen LogP contribution is -2.63. The van der Waals surface area contributed by atoms with Crippen LogP contribution in [0.1, 0.15) is 40.0 Å². The molecule has 106 valence electrons. The SMILES string of the molecule is CC1CC(C)(C)CC(CN)(NN2CCOCC2)C1. The Bertz CT molecular complexity index is 276. The molecule has 2 fully saturated rings. The molecule has 2 rings (SSSR count). The maximum Gasteiger partial charge on any atom is 0.0608 e. The van der Waals surface area contributed by atoms with Crippen molar-refractivity contribution >= 4 is 0 Å². The average molecular weight is 255 g/mol. The molecule has 0 bridgehead atoms. The van der Waals surface area contributed by atoms with E-state index < -0.39 is 0 Å². The highest BCUT2D eigenvalue weighted by atomic mass is 16.5. The minimum Gasteiger partial charge on any atom is -0.379 e. The maximum atomic E-state index is 6.12. The molecular weight excluding hydrogens is 226 g/mol. The second kappa shape index (κ2) is 5.45.